The number of nitrogens with one attached hydrogen (secondary N) is 1. The minimum absolute atomic E-state index is 0.104. The predicted molar refractivity (Wildman–Crippen MR) is 158 cm³/mol. The Morgan fingerprint density at radius 2 is 1.17 bits per heavy atom. The zero-order valence-electron chi connectivity index (χ0n) is 24.0. The predicted octanol–water partition coefficient (Wildman–Crippen LogP) is 9.82. The molecule has 3 nitrogen and oxygen atoms in total. The molecule has 0 saturated carbocycles. The molecule has 0 bridgehead atoms. The lowest BCUT2D eigenvalue weighted by atomic mass is 9.96. The molecule has 1 amide bonds. The second kappa shape index (κ2) is 27.9. The van der Waals surface area contributed by atoms with Crippen molar-refractivity contribution in [2.24, 2.45) is 5.92 Å². The third-order valence-corrected chi connectivity index (χ3v) is 6.92. The van der Waals surface area contributed by atoms with Gasteiger partial charge in [0.15, 0.2) is 5.78 Å². The highest BCUT2D eigenvalue weighted by Gasteiger charge is 2.02. The molecule has 0 aromatic carbocycles. The molecule has 1 N–H and O–H groups in total. The van der Waals surface area contributed by atoms with Gasteiger partial charge in [0.2, 0.25) is 5.91 Å². The molecule has 208 valence electrons. The fourth-order valence-electron chi connectivity index (χ4n) is 4.45. The van der Waals surface area contributed by atoms with E-state index in [9.17, 15) is 9.59 Å². The molecular formula is C33H59NO2. The largest absolute Gasteiger partial charge is 0.356 e. The van der Waals surface area contributed by atoms with Gasteiger partial charge in [-0.2, -0.15) is 0 Å². The van der Waals surface area contributed by atoms with E-state index >= 15 is 0 Å². The van der Waals surface area contributed by atoms with E-state index in [-0.39, 0.29) is 11.7 Å². The second-order valence-corrected chi connectivity index (χ2v) is 10.6. The molecule has 0 radical (unpaired) electrons. The normalized spacial score (nSPS) is 12.4. The monoisotopic (exact) mass is 501 g/mol. The lowest BCUT2D eigenvalue weighted by Crippen LogP contribution is -2.23. The Labute approximate surface area is 224 Å². The van der Waals surface area contributed by atoms with Crippen LogP contribution in [0.15, 0.2) is 37.0 Å². The van der Waals surface area contributed by atoms with Crippen LogP contribution in [-0.2, 0) is 9.59 Å². The second-order valence-electron chi connectivity index (χ2n) is 10.6. The Balaban J connectivity index is 3.33. The van der Waals surface area contributed by atoms with Gasteiger partial charge in [0.25, 0.3) is 0 Å². The van der Waals surface area contributed by atoms with Gasteiger partial charge >= 0.3 is 0 Å². The van der Waals surface area contributed by atoms with Crippen molar-refractivity contribution in [2.45, 2.75) is 149 Å². The van der Waals surface area contributed by atoms with Crippen LogP contribution in [0.25, 0.3) is 0 Å². The summed E-state index contributed by atoms with van der Waals surface area (Å²) in [7, 11) is 0. The molecule has 36 heavy (non-hydrogen) atoms. The highest BCUT2D eigenvalue weighted by molar-refractivity contribution is 5.90. The first kappa shape index (κ1) is 34.4. The molecule has 3 heteroatoms. The Hall–Kier alpha value is -1.64. The topological polar surface area (TPSA) is 46.2 Å². The summed E-state index contributed by atoms with van der Waals surface area (Å²) in [5, 5.41) is 2.99. The number of unbranched alkanes of at least 4 members (excludes halogenated alkanes) is 14. The smallest absolute Gasteiger partial charge is 0.223 e. The Kier molecular flexibility index (Phi) is 26.7. The summed E-state index contributed by atoms with van der Waals surface area (Å²) in [5.41, 5.74) is 0. The average Bonchev–Trinajstić information content (AvgIpc) is 2.88. The van der Waals surface area contributed by atoms with Crippen LogP contribution in [0.3, 0.4) is 0 Å². The molecule has 0 aromatic rings. The summed E-state index contributed by atoms with van der Waals surface area (Å²) in [6.07, 6.45) is 35.3. The Morgan fingerprint density at radius 1 is 0.667 bits per heavy atom. The van der Waals surface area contributed by atoms with Crippen molar-refractivity contribution in [1.29, 1.82) is 0 Å². The van der Waals surface area contributed by atoms with Crippen molar-refractivity contribution in [3.8, 4) is 0 Å². The van der Waals surface area contributed by atoms with Crippen molar-refractivity contribution < 1.29 is 9.59 Å². The minimum Gasteiger partial charge on any atom is -0.356 e. The maximum absolute atomic E-state index is 11.7. The van der Waals surface area contributed by atoms with Gasteiger partial charge < -0.3 is 5.32 Å². The summed E-state index contributed by atoms with van der Waals surface area (Å²) in [4.78, 5) is 22.8. The van der Waals surface area contributed by atoms with Gasteiger partial charge in [-0.1, -0.05) is 135 Å². The molecule has 0 aliphatic heterocycles. The zero-order valence-corrected chi connectivity index (χ0v) is 24.0. The Bertz CT molecular complexity index is 578. The van der Waals surface area contributed by atoms with E-state index < -0.39 is 0 Å². The van der Waals surface area contributed by atoms with Gasteiger partial charge in [0, 0.05) is 19.4 Å². The number of rotatable bonds is 27. The van der Waals surface area contributed by atoms with E-state index in [1.807, 2.05) is 12.2 Å². The summed E-state index contributed by atoms with van der Waals surface area (Å²) in [5.74, 6) is 1.14. The highest BCUT2D eigenvalue weighted by atomic mass is 16.1. The van der Waals surface area contributed by atoms with Crippen LogP contribution < -0.4 is 5.32 Å². The van der Waals surface area contributed by atoms with E-state index in [1.165, 1.54) is 109 Å². The van der Waals surface area contributed by atoms with Crippen LogP contribution in [0.5, 0.6) is 0 Å². The number of ketones is 1. The van der Waals surface area contributed by atoms with Crippen molar-refractivity contribution in [2.75, 3.05) is 6.54 Å². The number of hydrogen-bond donors (Lipinski definition) is 1. The van der Waals surface area contributed by atoms with Crippen molar-refractivity contribution >= 4 is 11.7 Å². The number of allylic oxidation sites excluding steroid dienone is 4. The lowest BCUT2D eigenvalue weighted by Gasteiger charge is -2.11. The van der Waals surface area contributed by atoms with Crippen LogP contribution >= 0.6 is 0 Å². The van der Waals surface area contributed by atoms with Crippen molar-refractivity contribution in [1.82, 2.24) is 5.32 Å². The van der Waals surface area contributed by atoms with Gasteiger partial charge in [0.05, 0.1) is 0 Å². The van der Waals surface area contributed by atoms with Gasteiger partial charge in [-0.05, 0) is 44.1 Å². The Morgan fingerprint density at radius 3 is 1.69 bits per heavy atom. The molecule has 0 saturated heterocycles. The molecule has 0 aliphatic carbocycles. The van der Waals surface area contributed by atoms with Gasteiger partial charge in [-0.25, -0.2) is 0 Å². The molecule has 1 unspecified atom stereocenters. The first-order valence-corrected chi connectivity index (χ1v) is 15.3. The van der Waals surface area contributed by atoms with E-state index in [4.69, 9.17) is 0 Å². The molecule has 0 heterocycles. The lowest BCUT2D eigenvalue weighted by molar-refractivity contribution is -0.120. The van der Waals surface area contributed by atoms with E-state index in [1.54, 1.807) is 0 Å². The first-order valence-electron chi connectivity index (χ1n) is 15.3. The summed E-state index contributed by atoms with van der Waals surface area (Å²) < 4.78 is 0. The molecule has 0 fully saturated rings. The fraction of sp³-hybridized carbons (Fsp3) is 0.758. The molecule has 1 atom stereocenters. The van der Waals surface area contributed by atoms with Gasteiger partial charge in [-0.3, -0.25) is 9.59 Å². The molecule has 0 aliphatic rings. The highest BCUT2D eigenvalue weighted by Crippen LogP contribution is 2.19. The number of hydrogen-bond acceptors (Lipinski definition) is 2. The zero-order chi connectivity index (χ0) is 26.5. The number of carbonyl (C=O) groups is 2. The average molecular weight is 502 g/mol. The quantitative estimate of drug-likeness (QED) is 0.0691. The molecular weight excluding hydrogens is 442 g/mol. The van der Waals surface area contributed by atoms with Crippen molar-refractivity contribution in [3.63, 3.8) is 0 Å². The van der Waals surface area contributed by atoms with Gasteiger partial charge in [-0.15, -0.1) is 0 Å². The summed E-state index contributed by atoms with van der Waals surface area (Å²) >= 11 is 0. The van der Waals surface area contributed by atoms with Crippen LogP contribution in [0.4, 0.5) is 0 Å². The number of carbonyl (C=O) groups excluding carboxylic acids is 2. The maximum Gasteiger partial charge on any atom is 0.223 e. The molecule has 0 spiro atoms. The number of amides is 1. The minimum atomic E-state index is 0.104. The standard InChI is InChI=1S/C33H59NO2/c1-4-6-25-30-34-33(36)29-24-20-16-12-8-10-14-18-22-27-31(3)26-21-17-13-9-7-11-15-19-23-28-32(35)5-2/h5,19-20,23-24,31H,2,4,6-18,21-22,25-30H2,1,3H3,(H,34,36)/b23-19-,24-20-. The molecule has 0 aromatic heterocycles. The van der Waals surface area contributed by atoms with Crippen molar-refractivity contribution in [3.05, 3.63) is 37.0 Å². The summed E-state index contributed by atoms with van der Waals surface area (Å²) in [6, 6.07) is 0. The molecule has 0 rings (SSSR count). The van der Waals surface area contributed by atoms with Crippen LogP contribution in [0.1, 0.15) is 149 Å². The summed E-state index contributed by atoms with van der Waals surface area (Å²) in [6.45, 7) is 8.92. The van der Waals surface area contributed by atoms with E-state index in [2.05, 4.69) is 37.9 Å². The van der Waals surface area contributed by atoms with E-state index in [0.717, 1.165) is 31.7 Å². The maximum atomic E-state index is 11.7. The van der Waals surface area contributed by atoms with Crippen LogP contribution in [0.2, 0.25) is 0 Å². The van der Waals surface area contributed by atoms with E-state index in [0.29, 0.717) is 12.8 Å². The first-order chi connectivity index (χ1) is 17.6. The third-order valence-electron chi connectivity index (χ3n) is 6.92. The van der Waals surface area contributed by atoms with Crippen LogP contribution in [0, 0.1) is 5.92 Å². The van der Waals surface area contributed by atoms with Gasteiger partial charge in [0.1, 0.15) is 0 Å². The van der Waals surface area contributed by atoms with Crippen LogP contribution in [-0.4, -0.2) is 18.2 Å². The fourth-order valence-corrected chi connectivity index (χ4v) is 4.45. The SMILES string of the molecule is C=CC(=O)C/C=C\CCCCCCCCC(C)CCCCCCCC/C=C\CC(=O)NCCCCC. The third kappa shape index (κ3) is 27.0.